The van der Waals surface area contributed by atoms with Crippen molar-refractivity contribution in [2.45, 2.75) is 19.4 Å². The first kappa shape index (κ1) is 13.3. The van der Waals surface area contributed by atoms with Gasteiger partial charge in [-0.05, 0) is 25.0 Å². The van der Waals surface area contributed by atoms with E-state index < -0.39 is 11.6 Å². The van der Waals surface area contributed by atoms with Crippen LogP contribution in [0.2, 0.25) is 0 Å². The molecule has 1 unspecified atom stereocenters. The molecule has 2 aromatic rings. The van der Waals surface area contributed by atoms with E-state index in [4.69, 9.17) is 5.73 Å². The summed E-state index contributed by atoms with van der Waals surface area (Å²) in [5.74, 6) is -1.38. The maximum atomic E-state index is 13.3. The molecule has 0 heterocycles. The fourth-order valence-electron chi connectivity index (χ4n) is 1.99. The molecular weight excluding hydrogens is 246 g/mol. The third-order valence-electron chi connectivity index (χ3n) is 2.88. The van der Waals surface area contributed by atoms with Crippen molar-refractivity contribution in [1.29, 1.82) is 0 Å². The number of nitrogen functional groups attached to an aromatic ring is 1. The molecule has 0 saturated carbocycles. The molecule has 2 rings (SSSR count). The van der Waals surface area contributed by atoms with Crippen molar-refractivity contribution >= 4 is 11.4 Å². The van der Waals surface area contributed by atoms with E-state index in [1.807, 2.05) is 37.3 Å². The average Bonchev–Trinajstić information content (AvgIpc) is 2.36. The Morgan fingerprint density at radius 1 is 1.16 bits per heavy atom. The van der Waals surface area contributed by atoms with E-state index >= 15 is 0 Å². The van der Waals surface area contributed by atoms with Gasteiger partial charge in [0.1, 0.15) is 5.82 Å². The molecule has 3 N–H and O–H groups in total. The molecule has 100 valence electrons. The standard InChI is InChI=1S/C15H16F2N2/c1-10(7-11-5-3-2-4-6-11)19-14-9-12(16)8-13(17)15(14)18/h2-6,8-10,19H,7,18H2,1H3. The van der Waals surface area contributed by atoms with Crippen molar-refractivity contribution < 1.29 is 8.78 Å². The quantitative estimate of drug-likeness (QED) is 0.826. The molecule has 0 spiro atoms. The molecule has 0 fully saturated rings. The van der Waals surface area contributed by atoms with E-state index in [1.165, 1.54) is 6.07 Å². The van der Waals surface area contributed by atoms with Gasteiger partial charge in [0.05, 0.1) is 11.4 Å². The molecule has 0 aromatic heterocycles. The molecule has 19 heavy (non-hydrogen) atoms. The predicted octanol–water partition coefficient (Wildman–Crippen LogP) is 3.59. The summed E-state index contributed by atoms with van der Waals surface area (Å²) in [5, 5.41) is 3.04. The zero-order chi connectivity index (χ0) is 13.8. The van der Waals surface area contributed by atoms with E-state index in [2.05, 4.69) is 5.32 Å². The number of rotatable bonds is 4. The summed E-state index contributed by atoms with van der Waals surface area (Å²) < 4.78 is 26.5. The lowest BCUT2D eigenvalue weighted by Gasteiger charge is -2.17. The van der Waals surface area contributed by atoms with Crippen LogP contribution in [-0.2, 0) is 6.42 Å². The second-order valence-corrected chi connectivity index (χ2v) is 4.58. The first-order chi connectivity index (χ1) is 9.06. The van der Waals surface area contributed by atoms with Crippen molar-refractivity contribution in [3.8, 4) is 0 Å². The monoisotopic (exact) mass is 262 g/mol. The minimum atomic E-state index is -0.741. The minimum absolute atomic E-state index is 0.0194. The van der Waals surface area contributed by atoms with Gasteiger partial charge in [-0.1, -0.05) is 30.3 Å². The van der Waals surface area contributed by atoms with Crippen LogP contribution in [0.15, 0.2) is 42.5 Å². The Hall–Kier alpha value is -2.10. The Labute approximate surface area is 111 Å². The average molecular weight is 262 g/mol. The van der Waals surface area contributed by atoms with Crippen molar-refractivity contribution in [3.63, 3.8) is 0 Å². The lowest BCUT2D eigenvalue weighted by molar-refractivity contribution is 0.586. The van der Waals surface area contributed by atoms with Gasteiger partial charge in [0.25, 0.3) is 0 Å². The highest BCUT2D eigenvalue weighted by Gasteiger charge is 2.11. The molecule has 1 atom stereocenters. The molecule has 0 saturated heterocycles. The second kappa shape index (κ2) is 5.69. The van der Waals surface area contributed by atoms with Crippen LogP contribution >= 0.6 is 0 Å². The van der Waals surface area contributed by atoms with Gasteiger partial charge < -0.3 is 11.1 Å². The third-order valence-corrected chi connectivity index (χ3v) is 2.88. The number of benzene rings is 2. The Morgan fingerprint density at radius 3 is 2.53 bits per heavy atom. The smallest absolute Gasteiger partial charge is 0.151 e. The van der Waals surface area contributed by atoms with Crippen LogP contribution in [-0.4, -0.2) is 6.04 Å². The largest absolute Gasteiger partial charge is 0.395 e. The van der Waals surface area contributed by atoms with Gasteiger partial charge in [0.2, 0.25) is 0 Å². The van der Waals surface area contributed by atoms with Crippen LogP contribution in [0, 0.1) is 11.6 Å². The van der Waals surface area contributed by atoms with Gasteiger partial charge >= 0.3 is 0 Å². The summed E-state index contributed by atoms with van der Waals surface area (Å²) in [6.45, 7) is 1.94. The van der Waals surface area contributed by atoms with Crippen LogP contribution in [0.1, 0.15) is 12.5 Å². The highest BCUT2D eigenvalue weighted by molar-refractivity contribution is 5.67. The summed E-state index contributed by atoms with van der Waals surface area (Å²) in [5.41, 5.74) is 6.98. The maximum Gasteiger partial charge on any atom is 0.151 e. The van der Waals surface area contributed by atoms with Crippen molar-refractivity contribution in [2.24, 2.45) is 0 Å². The van der Waals surface area contributed by atoms with Crippen molar-refractivity contribution in [2.75, 3.05) is 11.1 Å². The summed E-state index contributed by atoms with van der Waals surface area (Å²) >= 11 is 0. The topological polar surface area (TPSA) is 38.0 Å². The van der Waals surface area contributed by atoms with Gasteiger partial charge in [-0.25, -0.2) is 8.78 Å². The summed E-state index contributed by atoms with van der Waals surface area (Å²) in [7, 11) is 0. The summed E-state index contributed by atoms with van der Waals surface area (Å²) in [4.78, 5) is 0. The number of halogens is 2. The third kappa shape index (κ3) is 3.44. The molecule has 0 amide bonds. The van der Waals surface area contributed by atoms with Crippen LogP contribution in [0.4, 0.5) is 20.2 Å². The van der Waals surface area contributed by atoms with Gasteiger partial charge in [0.15, 0.2) is 5.82 Å². The molecule has 4 heteroatoms. The van der Waals surface area contributed by atoms with E-state index in [-0.39, 0.29) is 11.7 Å². The Kier molecular flexibility index (Phi) is 4.00. The van der Waals surface area contributed by atoms with E-state index in [0.29, 0.717) is 5.69 Å². The summed E-state index contributed by atoms with van der Waals surface area (Å²) in [6, 6.07) is 11.9. The van der Waals surface area contributed by atoms with E-state index in [9.17, 15) is 8.78 Å². The maximum absolute atomic E-state index is 13.3. The molecule has 2 aromatic carbocycles. The SMILES string of the molecule is CC(Cc1ccccc1)Nc1cc(F)cc(F)c1N. The number of nitrogens with two attached hydrogens (primary N) is 1. The van der Waals surface area contributed by atoms with E-state index in [1.54, 1.807) is 0 Å². The molecule has 0 bridgehead atoms. The fourth-order valence-corrected chi connectivity index (χ4v) is 1.99. The number of hydrogen-bond acceptors (Lipinski definition) is 2. The van der Waals surface area contributed by atoms with Gasteiger partial charge in [0, 0.05) is 12.1 Å². The lowest BCUT2D eigenvalue weighted by Crippen LogP contribution is -2.19. The van der Waals surface area contributed by atoms with Crippen LogP contribution in [0.5, 0.6) is 0 Å². The first-order valence-electron chi connectivity index (χ1n) is 6.11. The second-order valence-electron chi connectivity index (χ2n) is 4.58. The highest BCUT2D eigenvalue weighted by Crippen LogP contribution is 2.24. The molecule has 0 aliphatic carbocycles. The highest BCUT2D eigenvalue weighted by atomic mass is 19.1. The molecule has 0 radical (unpaired) electrons. The first-order valence-corrected chi connectivity index (χ1v) is 6.11. The fraction of sp³-hybridized carbons (Fsp3) is 0.200. The van der Waals surface area contributed by atoms with Crippen molar-refractivity contribution in [3.05, 3.63) is 59.7 Å². The molecular formula is C15H16F2N2. The molecule has 2 nitrogen and oxygen atoms in total. The Bertz CT molecular complexity index is 556. The zero-order valence-corrected chi connectivity index (χ0v) is 10.7. The van der Waals surface area contributed by atoms with Crippen molar-refractivity contribution in [1.82, 2.24) is 0 Å². The van der Waals surface area contributed by atoms with Crippen LogP contribution < -0.4 is 11.1 Å². The number of hydrogen-bond donors (Lipinski definition) is 2. The minimum Gasteiger partial charge on any atom is -0.395 e. The van der Waals surface area contributed by atoms with Gasteiger partial charge in [-0.3, -0.25) is 0 Å². The normalized spacial score (nSPS) is 12.2. The number of nitrogens with one attached hydrogen (secondary N) is 1. The lowest BCUT2D eigenvalue weighted by atomic mass is 10.1. The summed E-state index contributed by atoms with van der Waals surface area (Å²) in [6.07, 6.45) is 0.748. The van der Waals surface area contributed by atoms with Crippen LogP contribution in [0.3, 0.4) is 0 Å². The molecule has 0 aliphatic rings. The van der Waals surface area contributed by atoms with E-state index in [0.717, 1.165) is 18.1 Å². The van der Waals surface area contributed by atoms with Crippen LogP contribution in [0.25, 0.3) is 0 Å². The Morgan fingerprint density at radius 2 is 1.84 bits per heavy atom. The van der Waals surface area contributed by atoms with Gasteiger partial charge in [-0.2, -0.15) is 0 Å². The predicted molar refractivity (Wildman–Crippen MR) is 74.0 cm³/mol. The number of anilines is 2. The zero-order valence-electron chi connectivity index (χ0n) is 10.7. The molecule has 0 aliphatic heterocycles. The van der Waals surface area contributed by atoms with Gasteiger partial charge in [-0.15, -0.1) is 0 Å². The Balaban J connectivity index is 2.09.